The lowest BCUT2D eigenvalue weighted by Crippen LogP contribution is -2.54. The summed E-state index contributed by atoms with van der Waals surface area (Å²) in [6.45, 7) is 6.78. The second kappa shape index (κ2) is 18.3. The summed E-state index contributed by atoms with van der Waals surface area (Å²) >= 11 is 6.67. The zero-order chi connectivity index (χ0) is 45.5. The number of carbonyl (C=O) groups is 6. The van der Waals surface area contributed by atoms with Crippen molar-refractivity contribution in [2.45, 2.75) is 57.0 Å². The van der Waals surface area contributed by atoms with E-state index in [1.54, 1.807) is 30.3 Å². The third-order valence-corrected chi connectivity index (χ3v) is 14.0. The summed E-state index contributed by atoms with van der Waals surface area (Å²) in [5, 5.41) is 6.11. The van der Waals surface area contributed by atoms with Crippen LogP contribution in [0.1, 0.15) is 80.9 Å². The maximum Gasteiger partial charge on any atom is 0.320 e. The molecule has 0 spiro atoms. The number of piperazine rings is 1. The first-order chi connectivity index (χ1) is 32.1. The van der Waals surface area contributed by atoms with E-state index >= 15 is 0 Å². The fourth-order valence-electron chi connectivity index (χ4n) is 10.2. The fourth-order valence-corrected chi connectivity index (χ4v) is 10.4. The number of benzene rings is 3. The van der Waals surface area contributed by atoms with Gasteiger partial charge in [-0.2, -0.15) is 0 Å². The normalized spacial score (nSPS) is 21.4. The molecule has 0 saturated carbocycles. The Hall–Kier alpha value is -6.65. The molecule has 17 heteroatoms. The number of nitrogens with zero attached hydrogens (tertiary/aromatic N) is 7. The van der Waals surface area contributed by atoms with E-state index in [1.165, 1.54) is 6.33 Å². The van der Waals surface area contributed by atoms with Gasteiger partial charge in [0.15, 0.2) is 5.78 Å². The van der Waals surface area contributed by atoms with Gasteiger partial charge < -0.3 is 24.8 Å². The summed E-state index contributed by atoms with van der Waals surface area (Å²) in [5.74, 6) is 0.00435. The number of amides is 6. The number of Topliss-reactive ketones (excluding diaryl/α,β-unsaturated/α-hetero) is 1. The Labute approximate surface area is 386 Å². The van der Waals surface area contributed by atoms with Gasteiger partial charge >= 0.3 is 6.03 Å². The number of hydrogen-bond acceptors (Lipinski definition) is 12. The van der Waals surface area contributed by atoms with E-state index < -0.39 is 29.7 Å². The lowest BCUT2D eigenvalue weighted by Gasteiger charge is -2.41. The third-order valence-electron chi connectivity index (χ3n) is 13.7. The molecule has 2 N–H and O–H groups in total. The number of imide groups is 2. The number of carbonyl (C=O) groups excluding carboxylic acids is 6. The molecule has 6 aliphatic rings. The molecule has 4 saturated heterocycles. The number of para-hydroxylation sites is 1. The van der Waals surface area contributed by atoms with Crippen molar-refractivity contribution in [3.05, 3.63) is 112 Å². The second-order valence-electron chi connectivity index (χ2n) is 17.9. The Morgan fingerprint density at radius 1 is 0.803 bits per heavy atom. The molecule has 1 aliphatic carbocycles. The number of ketones is 1. The van der Waals surface area contributed by atoms with Gasteiger partial charge in [0.2, 0.25) is 11.8 Å². The quantitative estimate of drug-likeness (QED) is 0.147. The third kappa shape index (κ3) is 8.62. The number of ether oxygens (including phenoxy) is 1. The maximum absolute atomic E-state index is 14.0. The zero-order valence-corrected chi connectivity index (χ0v) is 37.2. The molecule has 4 fully saturated rings. The van der Waals surface area contributed by atoms with E-state index in [-0.39, 0.29) is 46.8 Å². The molecule has 1 aromatic heterocycles. The molecule has 66 heavy (non-hydrogen) atoms. The number of allylic oxidation sites excluding steroid dienone is 2. The van der Waals surface area contributed by atoms with Gasteiger partial charge in [0.25, 0.3) is 11.8 Å². The highest BCUT2D eigenvalue weighted by atomic mass is 35.5. The number of fused-ring (bicyclic) bond motifs is 2. The van der Waals surface area contributed by atoms with Crippen LogP contribution < -0.4 is 20.3 Å². The molecular weight excluding hydrogens is 862 g/mol. The average molecular weight is 912 g/mol. The summed E-state index contributed by atoms with van der Waals surface area (Å²) in [7, 11) is 0. The van der Waals surface area contributed by atoms with E-state index in [9.17, 15) is 28.8 Å². The largest absolute Gasteiger partial charge is 0.457 e. The Bertz CT molecular complexity index is 2640. The summed E-state index contributed by atoms with van der Waals surface area (Å²) < 4.78 is 5.92. The number of nitrogens with one attached hydrogen (secondary N) is 2. The van der Waals surface area contributed by atoms with Gasteiger partial charge in [-0.1, -0.05) is 35.9 Å². The molecule has 6 amide bonds. The molecule has 0 radical (unpaired) electrons. The second-order valence-corrected chi connectivity index (χ2v) is 18.3. The zero-order valence-electron chi connectivity index (χ0n) is 36.4. The number of piperidine rings is 3. The average Bonchev–Trinajstić information content (AvgIpc) is 3.88. The predicted octanol–water partition coefficient (Wildman–Crippen LogP) is 5.68. The van der Waals surface area contributed by atoms with E-state index in [1.807, 2.05) is 52.3 Å². The van der Waals surface area contributed by atoms with Crippen LogP contribution >= 0.6 is 11.6 Å². The summed E-state index contributed by atoms with van der Waals surface area (Å²) in [4.78, 5) is 97.3. The number of urea groups is 1. The van der Waals surface area contributed by atoms with Gasteiger partial charge in [-0.25, -0.2) is 14.8 Å². The van der Waals surface area contributed by atoms with Crippen LogP contribution in [0.4, 0.5) is 16.3 Å². The number of rotatable bonds is 10. The summed E-state index contributed by atoms with van der Waals surface area (Å²) in [6, 6.07) is 18.7. The highest BCUT2D eigenvalue weighted by Crippen LogP contribution is 2.37. The molecule has 10 rings (SSSR count). The SMILES string of the molecule is O=C1CCC(N2C(=O)c3ccc(N4CCN(CC5CCN(C(=O)N6CCC[C@@H](Nc7ncnc8c7C(C(=O)c7ccc(Oc9ccccc9)cc7Cl)=CC8)C6)CC5)CC4)cc3C2=O)C(=O)N1. The lowest BCUT2D eigenvalue weighted by molar-refractivity contribution is -0.136. The summed E-state index contributed by atoms with van der Waals surface area (Å²) in [5.41, 5.74) is 3.72. The van der Waals surface area contributed by atoms with Crippen LogP contribution in [0.25, 0.3) is 5.57 Å². The van der Waals surface area contributed by atoms with Gasteiger partial charge in [0.05, 0.1) is 21.8 Å². The van der Waals surface area contributed by atoms with Crippen LogP contribution in [0.15, 0.2) is 79.1 Å². The molecule has 1 unspecified atom stereocenters. The lowest BCUT2D eigenvalue weighted by atomic mass is 9.96. The summed E-state index contributed by atoms with van der Waals surface area (Å²) in [6.07, 6.45) is 7.65. The Morgan fingerprint density at radius 2 is 1.59 bits per heavy atom. The topological polar surface area (TPSA) is 178 Å². The minimum Gasteiger partial charge on any atom is -0.457 e. The van der Waals surface area contributed by atoms with Gasteiger partial charge in [0, 0.05) is 106 Å². The van der Waals surface area contributed by atoms with E-state index in [4.69, 9.17) is 16.3 Å². The van der Waals surface area contributed by atoms with Gasteiger partial charge in [-0.15, -0.1) is 0 Å². The minimum absolute atomic E-state index is 0.0554. The molecular formula is C49H50ClN9O7. The molecule has 0 bridgehead atoms. The van der Waals surface area contributed by atoms with Crippen LogP contribution in [0, 0.1) is 5.92 Å². The van der Waals surface area contributed by atoms with E-state index in [2.05, 4.69) is 30.4 Å². The molecule has 340 valence electrons. The van der Waals surface area contributed by atoms with Gasteiger partial charge in [-0.3, -0.25) is 39.1 Å². The van der Waals surface area contributed by atoms with Crippen molar-refractivity contribution in [2.75, 3.05) is 69.1 Å². The van der Waals surface area contributed by atoms with Crippen molar-refractivity contribution >= 4 is 64.1 Å². The van der Waals surface area contributed by atoms with Crippen LogP contribution in [0.5, 0.6) is 11.5 Å². The Kier molecular flexibility index (Phi) is 12.0. The minimum atomic E-state index is -0.990. The Morgan fingerprint density at radius 3 is 2.36 bits per heavy atom. The van der Waals surface area contributed by atoms with Crippen LogP contribution in [-0.4, -0.2) is 136 Å². The van der Waals surface area contributed by atoms with Crippen molar-refractivity contribution in [1.82, 2.24) is 34.9 Å². The van der Waals surface area contributed by atoms with Crippen LogP contribution in [0.2, 0.25) is 5.02 Å². The predicted molar refractivity (Wildman–Crippen MR) is 246 cm³/mol. The number of likely N-dealkylation sites (tertiary alicyclic amines) is 2. The van der Waals surface area contributed by atoms with Crippen LogP contribution in [0.3, 0.4) is 0 Å². The molecule has 3 aromatic carbocycles. The van der Waals surface area contributed by atoms with Gasteiger partial charge in [-0.05, 0) is 80.5 Å². The molecule has 16 nitrogen and oxygen atoms in total. The first-order valence-corrected chi connectivity index (χ1v) is 23.2. The highest BCUT2D eigenvalue weighted by Gasteiger charge is 2.45. The van der Waals surface area contributed by atoms with Crippen LogP contribution in [-0.2, 0) is 16.0 Å². The smallest absolute Gasteiger partial charge is 0.320 e. The first-order valence-electron chi connectivity index (χ1n) is 22.8. The molecule has 2 atom stereocenters. The number of aromatic nitrogens is 2. The van der Waals surface area contributed by atoms with Crippen molar-refractivity contribution in [3.8, 4) is 11.5 Å². The van der Waals surface area contributed by atoms with Crippen molar-refractivity contribution in [2.24, 2.45) is 5.92 Å². The van der Waals surface area contributed by atoms with E-state index in [0.717, 1.165) is 74.7 Å². The number of halogens is 1. The van der Waals surface area contributed by atoms with Crippen molar-refractivity contribution in [3.63, 3.8) is 0 Å². The monoisotopic (exact) mass is 911 g/mol. The maximum atomic E-state index is 14.0. The van der Waals surface area contributed by atoms with Crippen molar-refractivity contribution < 1.29 is 33.5 Å². The van der Waals surface area contributed by atoms with Gasteiger partial charge in [0.1, 0.15) is 29.7 Å². The molecule has 6 heterocycles. The number of hydrogen-bond donors (Lipinski definition) is 2. The standard InChI is InChI=1S/C49H50ClN9O7/c50-39-26-34(66-33-6-2-1-3-7-33)9-11-36(39)44(61)37-12-13-40-43(37)45(52-29-51-40)53-31-5-4-18-58(28-31)49(65)57-19-16-30(17-20-57)27-55-21-23-56(24-22-55)32-8-10-35-38(25-32)48(64)59(47(35)63)41-14-15-42(60)54-46(41)62/h1-3,6-12,25-26,29-31,41H,4-5,13-24,27-28H2,(H,51,52,53)(H,54,60,62)/t31-,41?/m1/s1. The van der Waals surface area contributed by atoms with E-state index in [0.29, 0.717) is 72.5 Å². The molecule has 4 aromatic rings. The first kappa shape index (κ1) is 43.3. The van der Waals surface area contributed by atoms with Crippen molar-refractivity contribution in [1.29, 1.82) is 0 Å². The Balaban J connectivity index is 0.696. The number of anilines is 2. The molecule has 5 aliphatic heterocycles. The highest BCUT2D eigenvalue weighted by molar-refractivity contribution is 6.39. The fraction of sp³-hybridized carbons (Fsp3) is 0.388.